The maximum Gasteiger partial charge on any atom is 0.124 e. The van der Waals surface area contributed by atoms with Gasteiger partial charge in [0.15, 0.2) is 0 Å². The van der Waals surface area contributed by atoms with Crippen LogP contribution in [0.15, 0.2) is 36.5 Å². The Morgan fingerprint density at radius 2 is 2.25 bits per heavy atom. The molecule has 1 aromatic carbocycles. The molecular formula is C16H17ClN2O. The third-order valence-electron chi connectivity index (χ3n) is 3.78. The molecule has 0 spiro atoms. The summed E-state index contributed by atoms with van der Waals surface area (Å²) in [5, 5.41) is 4.28. The summed E-state index contributed by atoms with van der Waals surface area (Å²) in [5.74, 6) is 0.823. The Labute approximate surface area is 123 Å². The van der Waals surface area contributed by atoms with Gasteiger partial charge in [-0.05, 0) is 36.6 Å². The standard InChI is InChI=1S/C16H17ClN2O/c1-20-15-6-2-5-13(17)12(15)10-19-14-8-7-11-4-3-9-18-16(11)14/h2-6,9,14,19H,7-8,10H2,1H3. The number of aryl methyl sites for hydroxylation is 1. The van der Waals surface area contributed by atoms with E-state index in [-0.39, 0.29) is 0 Å². The Kier molecular flexibility index (Phi) is 3.90. The first-order chi connectivity index (χ1) is 9.79. The number of hydrogen-bond acceptors (Lipinski definition) is 3. The van der Waals surface area contributed by atoms with E-state index in [4.69, 9.17) is 16.3 Å². The lowest BCUT2D eigenvalue weighted by Gasteiger charge is -2.16. The first kappa shape index (κ1) is 13.4. The van der Waals surface area contributed by atoms with Gasteiger partial charge < -0.3 is 10.1 Å². The average Bonchev–Trinajstić information content (AvgIpc) is 2.89. The lowest BCUT2D eigenvalue weighted by atomic mass is 10.1. The highest BCUT2D eigenvalue weighted by atomic mass is 35.5. The maximum absolute atomic E-state index is 6.26. The molecule has 20 heavy (non-hydrogen) atoms. The number of halogens is 1. The van der Waals surface area contributed by atoms with Crippen molar-refractivity contribution in [3.05, 3.63) is 58.4 Å². The predicted molar refractivity (Wildman–Crippen MR) is 80.1 cm³/mol. The fourth-order valence-electron chi connectivity index (χ4n) is 2.74. The van der Waals surface area contributed by atoms with Crippen LogP contribution in [0.5, 0.6) is 5.75 Å². The largest absolute Gasteiger partial charge is 0.496 e. The number of fused-ring (bicyclic) bond motifs is 1. The van der Waals surface area contributed by atoms with Crippen LogP contribution >= 0.6 is 11.6 Å². The summed E-state index contributed by atoms with van der Waals surface area (Å²) < 4.78 is 5.37. The zero-order valence-corrected chi connectivity index (χ0v) is 12.2. The van der Waals surface area contributed by atoms with Crippen molar-refractivity contribution in [2.45, 2.75) is 25.4 Å². The Morgan fingerprint density at radius 3 is 3.10 bits per heavy atom. The van der Waals surface area contributed by atoms with Crippen molar-refractivity contribution in [3.63, 3.8) is 0 Å². The smallest absolute Gasteiger partial charge is 0.124 e. The van der Waals surface area contributed by atoms with Crippen molar-refractivity contribution < 1.29 is 4.74 Å². The molecule has 4 heteroatoms. The van der Waals surface area contributed by atoms with Crippen molar-refractivity contribution in [1.29, 1.82) is 0 Å². The first-order valence-electron chi connectivity index (χ1n) is 6.78. The molecule has 0 saturated heterocycles. The molecule has 3 rings (SSSR count). The molecule has 0 bridgehead atoms. The number of ether oxygens (including phenoxy) is 1. The number of nitrogens with one attached hydrogen (secondary N) is 1. The highest BCUT2D eigenvalue weighted by Crippen LogP contribution is 2.31. The lowest BCUT2D eigenvalue weighted by Crippen LogP contribution is -2.20. The van der Waals surface area contributed by atoms with Crippen LogP contribution in [0.2, 0.25) is 5.02 Å². The fourth-order valence-corrected chi connectivity index (χ4v) is 2.97. The zero-order valence-electron chi connectivity index (χ0n) is 11.4. The molecule has 1 aromatic heterocycles. The van der Waals surface area contributed by atoms with Crippen LogP contribution in [0.1, 0.15) is 29.3 Å². The number of methoxy groups -OCH3 is 1. The van der Waals surface area contributed by atoms with E-state index in [0.29, 0.717) is 12.6 Å². The van der Waals surface area contributed by atoms with E-state index >= 15 is 0 Å². The van der Waals surface area contributed by atoms with Crippen LogP contribution in [0.3, 0.4) is 0 Å². The van der Waals surface area contributed by atoms with Crippen molar-refractivity contribution in [2.75, 3.05) is 7.11 Å². The maximum atomic E-state index is 6.26. The molecule has 0 aliphatic heterocycles. The topological polar surface area (TPSA) is 34.1 Å². The van der Waals surface area contributed by atoms with E-state index in [0.717, 1.165) is 29.2 Å². The van der Waals surface area contributed by atoms with Gasteiger partial charge in [0.25, 0.3) is 0 Å². The first-order valence-corrected chi connectivity index (χ1v) is 7.16. The number of hydrogen-bond donors (Lipinski definition) is 1. The number of nitrogens with zero attached hydrogens (tertiary/aromatic N) is 1. The Hall–Kier alpha value is -1.58. The molecule has 1 heterocycles. The summed E-state index contributed by atoms with van der Waals surface area (Å²) >= 11 is 6.26. The van der Waals surface area contributed by atoms with Crippen LogP contribution in [0, 0.1) is 0 Å². The minimum absolute atomic E-state index is 0.298. The van der Waals surface area contributed by atoms with Crippen LogP contribution < -0.4 is 10.1 Å². The molecule has 104 valence electrons. The van der Waals surface area contributed by atoms with E-state index in [2.05, 4.69) is 16.4 Å². The molecule has 1 aliphatic rings. The van der Waals surface area contributed by atoms with E-state index in [1.165, 1.54) is 11.3 Å². The van der Waals surface area contributed by atoms with Crippen LogP contribution in [-0.4, -0.2) is 12.1 Å². The van der Waals surface area contributed by atoms with Gasteiger partial charge in [-0.2, -0.15) is 0 Å². The number of pyridine rings is 1. The van der Waals surface area contributed by atoms with Crippen molar-refractivity contribution >= 4 is 11.6 Å². The molecule has 0 amide bonds. The highest BCUT2D eigenvalue weighted by molar-refractivity contribution is 6.31. The summed E-state index contributed by atoms with van der Waals surface area (Å²) in [6.45, 7) is 0.684. The number of benzene rings is 1. The van der Waals surface area contributed by atoms with E-state index in [9.17, 15) is 0 Å². The van der Waals surface area contributed by atoms with Gasteiger partial charge in [-0.1, -0.05) is 23.7 Å². The van der Waals surface area contributed by atoms with Crippen molar-refractivity contribution in [2.24, 2.45) is 0 Å². The second kappa shape index (κ2) is 5.81. The molecule has 0 radical (unpaired) electrons. The molecular weight excluding hydrogens is 272 g/mol. The highest BCUT2D eigenvalue weighted by Gasteiger charge is 2.23. The summed E-state index contributed by atoms with van der Waals surface area (Å²) in [4.78, 5) is 4.49. The van der Waals surface area contributed by atoms with Gasteiger partial charge in [0.05, 0.1) is 18.8 Å². The van der Waals surface area contributed by atoms with Crippen molar-refractivity contribution in [1.82, 2.24) is 10.3 Å². The molecule has 1 atom stereocenters. The number of aromatic nitrogens is 1. The van der Waals surface area contributed by atoms with E-state index < -0.39 is 0 Å². The van der Waals surface area contributed by atoms with Gasteiger partial charge in [0.2, 0.25) is 0 Å². The van der Waals surface area contributed by atoms with Crippen LogP contribution in [0.25, 0.3) is 0 Å². The zero-order chi connectivity index (χ0) is 13.9. The van der Waals surface area contributed by atoms with Gasteiger partial charge in [0, 0.05) is 23.3 Å². The lowest BCUT2D eigenvalue weighted by molar-refractivity contribution is 0.405. The Balaban J connectivity index is 1.75. The molecule has 1 unspecified atom stereocenters. The summed E-state index contributed by atoms with van der Waals surface area (Å²) in [7, 11) is 1.67. The summed E-state index contributed by atoms with van der Waals surface area (Å²) in [6, 6.07) is 10.2. The van der Waals surface area contributed by atoms with Crippen molar-refractivity contribution in [3.8, 4) is 5.75 Å². The van der Waals surface area contributed by atoms with Gasteiger partial charge in [-0.15, -0.1) is 0 Å². The fraction of sp³-hybridized carbons (Fsp3) is 0.312. The quantitative estimate of drug-likeness (QED) is 0.935. The van der Waals surface area contributed by atoms with Gasteiger partial charge in [-0.3, -0.25) is 4.98 Å². The van der Waals surface area contributed by atoms with Crippen LogP contribution in [0.4, 0.5) is 0 Å². The minimum atomic E-state index is 0.298. The molecule has 1 N–H and O–H groups in total. The number of rotatable bonds is 4. The molecule has 2 aromatic rings. The monoisotopic (exact) mass is 288 g/mol. The Bertz CT molecular complexity index is 615. The molecule has 0 fully saturated rings. The van der Waals surface area contributed by atoms with E-state index in [1.807, 2.05) is 30.5 Å². The SMILES string of the molecule is COc1cccc(Cl)c1CNC1CCc2cccnc21. The molecule has 1 aliphatic carbocycles. The predicted octanol–water partition coefficient (Wildman–Crippen LogP) is 3.52. The normalized spacial score (nSPS) is 17.0. The third-order valence-corrected chi connectivity index (χ3v) is 4.13. The molecule has 3 nitrogen and oxygen atoms in total. The summed E-state index contributed by atoms with van der Waals surface area (Å²) in [6.07, 6.45) is 4.02. The van der Waals surface area contributed by atoms with Gasteiger partial charge in [-0.25, -0.2) is 0 Å². The van der Waals surface area contributed by atoms with Gasteiger partial charge in [0.1, 0.15) is 5.75 Å². The second-order valence-electron chi connectivity index (χ2n) is 4.94. The van der Waals surface area contributed by atoms with E-state index in [1.54, 1.807) is 7.11 Å². The average molecular weight is 289 g/mol. The third kappa shape index (κ3) is 2.51. The molecule has 0 saturated carbocycles. The van der Waals surface area contributed by atoms with Gasteiger partial charge >= 0.3 is 0 Å². The van der Waals surface area contributed by atoms with Crippen LogP contribution in [-0.2, 0) is 13.0 Å². The minimum Gasteiger partial charge on any atom is -0.496 e. The Morgan fingerprint density at radius 1 is 1.35 bits per heavy atom. The summed E-state index contributed by atoms with van der Waals surface area (Å²) in [5.41, 5.74) is 3.51. The second-order valence-corrected chi connectivity index (χ2v) is 5.35.